The molecule has 2 fully saturated rings. The van der Waals surface area contributed by atoms with Gasteiger partial charge in [0.2, 0.25) is 15.9 Å². The maximum atomic E-state index is 13.2. The number of rotatable bonds is 12. The summed E-state index contributed by atoms with van der Waals surface area (Å²) in [6, 6.07) is 4.78. The van der Waals surface area contributed by atoms with Crippen molar-refractivity contribution in [3.05, 3.63) is 23.3 Å². The third kappa shape index (κ3) is 8.39. The maximum Gasteiger partial charge on any atom is 0.248 e. The largest absolute Gasteiger partial charge is 0.497 e. The summed E-state index contributed by atoms with van der Waals surface area (Å²) in [4.78, 5) is 19.8. The molecule has 39 heavy (non-hydrogen) atoms. The fourth-order valence-electron chi connectivity index (χ4n) is 6.09. The highest BCUT2D eigenvalue weighted by Gasteiger charge is 2.31. The monoisotopic (exact) mass is 566 g/mol. The standard InChI is InChI=1S/C29H50N4O5S/c1-22-17-27(37-7)18-23(2)29(22)39(35,36)32(6)15-16-38-21-28(34)31(5)19-24-10-12-25(13-11-24)33-14-8-9-26(20-33)30(3)4/h17-18,24-26H,8-16,19-21H2,1-7H3. The van der Waals surface area contributed by atoms with Crippen LogP contribution in [-0.2, 0) is 19.6 Å². The molecule has 0 N–H and O–H groups in total. The Morgan fingerprint density at radius 1 is 1.03 bits per heavy atom. The van der Waals surface area contributed by atoms with E-state index < -0.39 is 10.0 Å². The quantitative estimate of drug-likeness (QED) is 0.360. The van der Waals surface area contributed by atoms with Crippen molar-refractivity contribution < 1.29 is 22.7 Å². The molecule has 2 aliphatic rings. The zero-order chi connectivity index (χ0) is 28.7. The molecule has 10 heteroatoms. The Kier molecular flexibility index (Phi) is 11.6. The number of sulfonamides is 1. The van der Waals surface area contributed by atoms with Crippen molar-refractivity contribution in [2.24, 2.45) is 5.92 Å². The van der Waals surface area contributed by atoms with Crippen molar-refractivity contribution in [1.29, 1.82) is 0 Å². The smallest absolute Gasteiger partial charge is 0.248 e. The number of likely N-dealkylation sites (N-methyl/N-ethyl adjacent to an activating group) is 3. The lowest BCUT2D eigenvalue weighted by molar-refractivity contribution is -0.135. The molecular formula is C29H50N4O5S. The van der Waals surface area contributed by atoms with Crippen LogP contribution in [0.4, 0.5) is 0 Å². The van der Waals surface area contributed by atoms with Gasteiger partial charge in [-0.05, 0) is 102 Å². The first kappa shape index (κ1) is 31.8. The van der Waals surface area contributed by atoms with Crippen LogP contribution in [0.15, 0.2) is 17.0 Å². The summed E-state index contributed by atoms with van der Waals surface area (Å²) in [5, 5.41) is 0. The lowest BCUT2D eigenvalue weighted by atomic mass is 9.84. The molecule has 1 heterocycles. The minimum atomic E-state index is -3.69. The molecule has 1 saturated carbocycles. The Bertz CT molecular complexity index is 1030. The molecule has 1 aromatic rings. The van der Waals surface area contributed by atoms with Crippen LogP contribution < -0.4 is 4.74 Å². The van der Waals surface area contributed by atoms with Gasteiger partial charge in [-0.1, -0.05) is 0 Å². The van der Waals surface area contributed by atoms with Gasteiger partial charge in [-0.2, -0.15) is 4.31 Å². The second-order valence-electron chi connectivity index (χ2n) is 11.7. The number of methoxy groups -OCH3 is 1. The Morgan fingerprint density at radius 3 is 2.26 bits per heavy atom. The normalized spacial score (nSPS) is 22.8. The number of benzene rings is 1. The Balaban J connectivity index is 1.38. The van der Waals surface area contributed by atoms with Gasteiger partial charge in [0.05, 0.1) is 18.6 Å². The van der Waals surface area contributed by atoms with Crippen molar-refractivity contribution in [3.8, 4) is 5.75 Å². The Morgan fingerprint density at radius 2 is 1.67 bits per heavy atom. The molecule has 0 aromatic heterocycles. The fraction of sp³-hybridized carbons (Fsp3) is 0.759. The minimum absolute atomic E-state index is 0.0416. The third-order valence-corrected chi connectivity index (χ3v) is 10.7. The van der Waals surface area contributed by atoms with Crippen LogP contribution in [-0.4, -0.2) is 120 Å². The number of carbonyl (C=O) groups is 1. The second kappa shape index (κ2) is 14.3. The van der Waals surface area contributed by atoms with Crippen LogP contribution in [0.25, 0.3) is 0 Å². The van der Waals surface area contributed by atoms with E-state index in [4.69, 9.17) is 9.47 Å². The highest BCUT2D eigenvalue weighted by molar-refractivity contribution is 7.89. The van der Waals surface area contributed by atoms with E-state index in [0.29, 0.717) is 34.9 Å². The molecule has 0 spiro atoms. The van der Waals surface area contributed by atoms with Gasteiger partial charge < -0.3 is 19.3 Å². The van der Waals surface area contributed by atoms with E-state index in [2.05, 4.69) is 23.9 Å². The molecule has 1 atom stereocenters. The van der Waals surface area contributed by atoms with Gasteiger partial charge in [0, 0.05) is 45.8 Å². The van der Waals surface area contributed by atoms with Crippen LogP contribution in [0.5, 0.6) is 5.75 Å². The number of carbonyl (C=O) groups excluding carboxylic acids is 1. The van der Waals surface area contributed by atoms with Gasteiger partial charge in [0.1, 0.15) is 12.4 Å². The molecule has 1 aliphatic carbocycles. The molecule has 0 bridgehead atoms. The summed E-state index contributed by atoms with van der Waals surface area (Å²) in [6.07, 6.45) is 7.29. The van der Waals surface area contributed by atoms with Gasteiger partial charge in [0.15, 0.2) is 0 Å². The molecule has 9 nitrogen and oxygen atoms in total. The summed E-state index contributed by atoms with van der Waals surface area (Å²) in [5.74, 6) is 1.09. The summed E-state index contributed by atoms with van der Waals surface area (Å²) in [6.45, 7) is 6.94. The van der Waals surface area contributed by atoms with Crippen LogP contribution >= 0.6 is 0 Å². The van der Waals surface area contributed by atoms with Gasteiger partial charge in [-0.25, -0.2) is 8.42 Å². The number of hydrogen-bond acceptors (Lipinski definition) is 7. The molecule has 222 valence electrons. The molecule has 1 aliphatic heterocycles. The number of amides is 1. The minimum Gasteiger partial charge on any atom is -0.497 e. The fourth-order valence-corrected chi connectivity index (χ4v) is 7.65. The third-order valence-electron chi connectivity index (χ3n) is 8.56. The molecule has 3 rings (SSSR count). The zero-order valence-electron chi connectivity index (χ0n) is 25.1. The van der Waals surface area contributed by atoms with E-state index >= 15 is 0 Å². The lowest BCUT2D eigenvalue weighted by Crippen LogP contribution is -2.50. The van der Waals surface area contributed by atoms with E-state index in [1.165, 1.54) is 50.1 Å². The first-order valence-electron chi connectivity index (χ1n) is 14.3. The summed E-state index contributed by atoms with van der Waals surface area (Å²) in [7, 11) is 5.63. The average Bonchev–Trinajstić information content (AvgIpc) is 2.90. The molecule has 1 unspecified atom stereocenters. The van der Waals surface area contributed by atoms with Crippen LogP contribution in [0, 0.1) is 19.8 Å². The number of ether oxygens (including phenoxy) is 2. The second-order valence-corrected chi connectivity index (χ2v) is 13.7. The number of likely N-dealkylation sites (tertiary alicyclic amines) is 1. The molecule has 0 radical (unpaired) electrons. The number of nitrogens with zero attached hydrogens (tertiary/aromatic N) is 4. The highest BCUT2D eigenvalue weighted by Crippen LogP contribution is 2.30. The first-order valence-corrected chi connectivity index (χ1v) is 15.7. The highest BCUT2D eigenvalue weighted by atomic mass is 32.2. The van der Waals surface area contributed by atoms with E-state index in [1.807, 2.05) is 7.05 Å². The van der Waals surface area contributed by atoms with Gasteiger partial charge in [0.25, 0.3) is 0 Å². The first-order chi connectivity index (χ1) is 18.4. The van der Waals surface area contributed by atoms with Crippen molar-refractivity contribution in [3.63, 3.8) is 0 Å². The topological polar surface area (TPSA) is 82.6 Å². The summed E-state index contributed by atoms with van der Waals surface area (Å²) in [5.41, 5.74) is 1.28. The van der Waals surface area contributed by atoms with Crippen molar-refractivity contribution in [1.82, 2.24) is 19.0 Å². The summed E-state index contributed by atoms with van der Waals surface area (Å²) < 4.78 is 38.4. The van der Waals surface area contributed by atoms with E-state index in [9.17, 15) is 13.2 Å². The zero-order valence-corrected chi connectivity index (χ0v) is 25.9. The van der Waals surface area contributed by atoms with Gasteiger partial charge in [-0.15, -0.1) is 0 Å². The number of aryl methyl sites for hydroxylation is 2. The van der Waals surface area contributed by atoms with Gasteiger partial charge >= 0.3 is 0 Å². The molecule has 1 amide bonds. The predicted octanol–water partition coefficient (Wildman–Crippen LogP) is 2.99. The SMILES string of the molecule is COc1cc(C)c(S(=O)(=O)N(C)CCOCC(=O)N(C)CC2CCC(N3CCCC(N(C)C)C3)CC2)c(C)c1. The van der Waals surface area contributed by atoms with Crippen molar-refractivity contribution >= 4 is 15.9 Å². The Hall–Kier alpha value is -1.72. The van der Waals surface area contributed by atoms with E-state index in [0.717, 1.165) is 19.4 Å². The van der Waals surface area contributed by atoms with E-state index in [-0.39, 0.29) is 30.6 Å². The predicted molar refractivity (Wildman–Crippen MR) is 155 cm³/mol. The molecule has 1 aromatic carbocycles. The number of piperidine rings is 1. The van der Waals surface area contributed by atoms with Crippen LogP contribution in [0.3, 0.4) is 0 Å². The maximum absolute atomic E-state index is 13.2. The van der Waals surface area contributed by atoms with Crippen LogP contribution in [0.2, 0.25) is 0 Å². The lowest BCUT2D eigenvalue weighted by Gasteiger charge is -2.43. The Labute approximate surface area is 236 Å². The van der Waals surface area contributed by atoms with Crippen molar-refractivity contribution in [2.45, 2.75) is 69.4 Å². The molecular weight excluding hydrogens is 516 g/mol. The van der Waals surface area contributed by atoms with Gasteiger partial charge in [-0.3, -0.25) is 9.69 Å². The number of hydrogen-bond donors (Lipinski definition) is 0. The van der Waals surface area contributed by atoms with Crippen LogP contribution in [0.1, 0.15) is 49.7 Å². The van der Waals surface area contributed by atoms with Crippen molar-refractivity contribution in [2.75, 3.05) is 74.7 Å². The summed E-state index contributed by atoms with van der Waals surface area (Å²) >= 11 is 0. The average molecular weight is 567 g/mol. The molecule has 1 saturated heterocycles. The van der Waals surface area contributed by atoms with E-state index in [1.54, 1.807) is 38.0 Å².